The molecule has 9 nitrogen and oxygen atoms in total. The van der Waals surface area contributed by atoms with Gasteiger partial charge in [-0.25, -0.2) is 31.9 Å². The third-order valence-electron chi connectivity index (χ3n) is 8.62. The lowest BCUT2D eigenvalue weighted by Crippen LogP contribution is -2.51. The van der Waals surface area contributed by atoms with Gasteiger partial charge < -0.3 is 24.8 Å². The second-order valence-electron chi connectivity index (χ2n) is 11.7. The van der Waals surface area contributed by atoms with E-state index >= 15 is 0 Å². The van der Waals surface area contributed by atoms with E-state index in [4.69, 9.17) is 9.47 Å². The van der Waals surface area contributed by atoms with Crippen molar-refractivity contribution in [3.05, 3.63) is 118 Å². The molecule has 0 radical (unpaired) electrons. The molecule has 2 saturated heterocycles. The molecule has 1 aromatic heterocycles. The predicted octanol–water partition coefficient (Wildman–Crippen LogP) is 5.53. The fraction of sp³-hybridized carbons (Fsp3) is 0.324. The van der Waals surface area contributed by atoms with Crippen LogP contribution in [0.3, 0.4) is 0 Å². The van der Waals surface area contributed by atoms with Gasteiger partial charge in [0.15, 0.2) is 29.6 Å². The van der Waals surface area contributed by atoms with Crippen LogP contribution in [0.2, 0.25) is 0 Å². The van der Waals surface area contributed by atoms with Gasteiger partial charge in [0.05, 0.1) is 18.8 Å². The maximum Gasteiger partial charge on any atom is 0.261 e. The molecule has 48 heavy (non-hydrogen) atoms. The van der Waals surface area contributed by atoms with Gasteiger partial charge in [0.1, 0.15) is 5.56 Å². The van der Waals surface area contributed by atoms with Crippen LogP contribution in [-0.2, 0) is 16.1 Å². The number of hydrogen-bond acceptors (Lipinski definition) is 8. The second kappa shape index (κ2) is 14.3. The van der Waals surface area contributed by atoms with Crippen LogP contribution in [0, 0.1) is 35.0 Å². The number of nitrogens with zero attached hydrogens (tertiary/aromatic N) is 4. The van der Waals surface area contributed by atoms with Crippen LogP contribution < -0.4 is 10.2 Å². The molecule has 0 aliphatic carbocycles. The zero-order chi connectivity index (χ0) is 33.9. The summed E-state index contributed by atoms with van der Waals surface area (Å²) in [5.41, 5.74) is 0.474. The van der Waals surface area contributed by atoms with E-state index in [1.54, 1.807) is 30.6 Å². The SMILES string of the molecule is C[C@@H]1[C@H](CN2CCN(c3ncccn3)CC2)O[C@H](c2cccc(NC(=O)c3c(F)c(F)c(F)c(F)c3F)c2)O[C@@H]1c1ccc(CO)cc1. The Balaban J connectivity index is 1.22. The van der Waals surface area contributed by atoms with Crippen LogP contribution in [-0.4, -0.2) is 64.7 Å². The molecule has 4 atom stereocenters. The molecule has 2 aliphatic heterocycles. The molecular formula is C34H32F5N5O4. The van der Waals surface area contributed by atoms with Crippen molar-refractivity contribution in [1.29, 1.82) is 0 Å². The Bertz CT molecular complexity index is 1730. The Morgan fingerprint density at radius 2 is 1.50 bits per heavy atom. The predicted molar refractivity (Wildman–Crippen MR) is 164 cm³/mol. The van der Waals surface area contributed by atoms with Crippen LogP contribution in [0.25, 0.3) is 0 Å². The molecule has 0 unspecified atom stereocenters. The Morgan fingerprint density at radius 1 is 0.854 bits per heavy atom. The highest BCUT2D eigenvalue weighted by atomic mass is 19.2. The number of nitrogens with one attached hydrogen (secondary N) is 1. The van der Waals surface area contributed by atoms with E-state index in [2.05, 4.69) is 25.1 Å². The third-order valence-corrected chi connectivity index (χ3v) is 8.62. The number of halogens is 5. The van der Waals surface area contributed by atoms with Crippen LogP contribution >= 0.6 is 0 Å². The molecular weight excluding hydrogens is 637 g/mol. The minimum absolute atomic E-state index is 0.0203. The number of anilines is 2. The molecule has 0 spiro atoms. The number of hydrogen-bond donors (Lipinski definition) is 2. The second-order valence-corrected chi connectivity index (χ2v) is 11.7. The highest BCUT2D eigenvalue weighted by Gasteiger charge is 2.40. The minimum Gasteiger partial charge on any atom is -0.392 e. The van der Waals surface area contributed by atoms with Crippen molar-refractivity contribution >= 4 is 17.5 Å². The number of amides is 1. The average molecular weight is 670 g/mol. The van der Waals surface area contributed by atoms with E-state index in [-0.39, 0.29) is 24.3 Å². The summed E-state index contributed by atoms with van der Waals surface area (Å²) in [6.45, 7) is 5.42. The quantitative estimate of drug-likeness (QED) is 0.144. The van der Waals surface area contributed by atoms with Crippen molar-refractivity contribution in [3.63, 3.8) is 0 Å². The van der Waals surface area contributed by atoms with Gasteiger partial charge in [-0.3, -0.25) is 9.69 Å². The summed E-state index contributed by atoms with van der Waals surface area (Å²) < 4.78 is 82.6. The Labute approximate surface area is 272 Å². The van der Waals surface area contributed by atoms with E-state index in [0.717, 1.165) is 37.3 Å². The van der Waals surface area contributed by atoms with E-state index in [0.29, 0.717) is 18.1 Å². The van der Waals surface area contributed by atoms with Crippen LogP contribution in [0.5, 0.6) is 0 Å². The number of carbonyl (C=O) groups excluding carboxylic acids is 1. The summed E-state index contributed by atoms with van der Waals surface area (Å²) in [7, 11) is 0. The van der Waals surface area contributed by atoms with Crippen molar-refractivity contribution in [3.8, 4) is 0 Å². The molecule has 3 heterocycles. The summed E-state index contributed by atoms with van der Waals surface area (Å²) >= 11 is 0. The molecule has 6 rings (SSSR count). The maximum absolute atomic E-state index is 14.3. The zero-order valence-corrected chi connectivity index (χ0v) is 25.8. The first-order valence-electron chi connectivity index (χ1n) is 15.3. The number of ether oxygens (including phenoxy) is 2. The van der Waals surface area contributed by atoms with Crippen molar-refractivity contribution in [2.24, 2.45) is 5.92 Å². The molecule has 4 aromatic rings. The fourth-order valence-corrected chi connectivity index (χ4v) is 5.93. The Hall–Kier alpha value is -4.50. The summed E-state index contributed by atoms with van der Waals surface area (Å²) in [5, 5.41) is 11.8. The van der Waals surface area contributed by atoms with Gasteiger partial charge in [0.25, 0.3) is 5.91 Å². The first kappa shape index (κ1) is 33.4. The number of rotatable bonds is 8. The standard InChI is InChI=1S/C34H32F5N5O4/c1-19-24(17-43-12-14-44(15-13-43)34-40-10-3-11-41-34)47-33(48-31(19)21-8-6-20(18-45)7-9-21)22-4-2-5-23(16-22)42-32(46)25-26(35)28(37)30(39)29(38)27(25)36/h2-11,16,19,24,31,33,45H,12-15,17-18H2,1H3,(H,42,46)/t19-,24+,31+,33+/m1/s1. The number of benzene rings is 3. The van der Waals surface area contributed by atoms with E-state index in [1.165, 1.54) is 12.1 Å². The van der Waals surface area contributed by atoms with E-state index < -0.39 is 53.0 Å². The summed E-state index contributed by atoms with van der Waals surface area (Å²) in [4.78, 5) is 25.8. The van der Waals surface area contributed by atoms with Gasteiger partial charge in [0, 0.05) is 62.3 Å². The summed E-state index contributed by atoms with van der Waals surface area (Å²) in [6, 6.07) is 15.2. The van der Waals surface area contributed by atoms with Crippen LogP contribution in [0.15, 0.2) is 67.0 Å². The number of piperazine rings is 1. The molecule has 14 heteroatoms. The van der Waals surface area contributed by atoms with Crippen molar-refractivity contribution in [2.75, 3.05) is 42.9 Å². The van der Waals surface area contributed by atoms with Crippen molar-refractivity contribution < 1.29 is 41.3 Å². The fourth-order valence-electron chi connectivity index (χ4n) is 5.93. The Kier molecular flexibility index (Phi) is 9.96. The monoisotopic (exact) mass is 669 g/mol. The molecule has 1 amide bonds. The van der Waals surface area contributed by atoms with Crippen LogP contribution in [0.1, 0.15) is 46.4 Å². The molecule has 2 fully saturated rings. The van der Waals surface area contributed by atoms with Gasteiger partial charge in [-0.2, -0.15) is 0 Å². The number of aromatic nitrogens is 2. The lowest BCUT2D eigenvalue weighted by atomic mass is 9.90. The first-order chi connectivity index (χ1) is 23.1. The maximum atomic E-state index is 14.3. The minimum atomic E-state index is -2.36. The lowest BCUT2D eigenvalue weighted by molar-refractivity contribution is -0.276. The largest absolute Gasteiger partial charge is 0.392 e. The van der Waals surface area contributed by atoms with E-state index in [9.17, 15) is 31.9 Å². The molecule has 2 aliphatic rings. The highest BCUT2D eigenvalue weighted by molar-refractivity contribution is 6.04. The summed E-state index contributed by atoms with van der Waals surface area (Å²) in [5.74, 6) is -12.2. The van der Waals surface area contributed by atoms with Gasteiger partial charge in [-0.1, -0.05) is 43.3 Å². The van der Waals surface area contributed by atoms with E-state index in [1.807, 2.05) is 31.2 Å². The van der Waals surface area contributed by atoms with Crippen LogP contribution in [0.4, 0.5) is 33.6 Å². The first-order valence-corrected chi connectivity index (χ1v) is 15.3. The van der Waals surface area contributed by atoms with Crippen molar-refractivity contribution in [1.82, 2.24) is 14.9 Å². The van der Waals surface area contributed by atoms with Gasteiger partial charge in [-0.05, 0) is 29.3 Å². The number of carbonyl (C=O) groups is 1. The Morgan fingerprint density at radius 3 is 2.15 bits per heavy atom. The van der Waals surface area contributed by atoms with Gasteiger partial charge in [-0.15, -0.1) is 0 Å². The third kappa shape index (κ3) is 6.88. The summed E-state index contributed by atoms with van der Waals surface area (Å²) in [6.07, 6.45) is 1.71. The zero-order valence-electron chi connectivity index (χ0n) is 25.8. The molecule has 3 aromatic carbocycles. The van der Waals surface area contributed by atoms with Gasteiger partial charge in [0.2, 0.25) is 11.8 Å². The van der Waals surface area contributed by atoms with Crippen molar-refractivity contribution in [2.45, 2.75) is 32.0 Å². The number of aliphatic hydroxyl groups is 1. The number of aliphatic hydroxyl groups excluding tert-OH is 1. The molecule has 2 N–H and O–H groups in total. The van der Waals surface area contributed by atoms with Gasteiger partial charge >= 0.3 is 0 Å². The normalized spacial score (nSPS) is 21.7. The molecule has 252 valence electrons. The smallest absolute Gasteiger partial charge is 0.261 e. The molecule has 0 bridgehead atoms. The lowest BCUT2D eigenvalue weighted by Gasteiger charge is -2.44. The highest BCUT2D eigenvalue weighted by Crippen LogP contribution is 2.42. The topological polar surface area (TPSA) is 100 Å². The molecule has 0 saturated carbocycles. The average Bonchev–Trinajstić information content (AvgIpc) is 3.11.